The fourth-order valence-electron chi connectivity index (χ4n) is 3.57. The van der Waals surface area contributed by atoms with Crippen LogP contribution in [-0.4, -0.2) is 56.1 Å². The molecule has 178 valence electrons. The molecule has 2 aromatic carbocycles. The molecule has 3 aromatic rings. The van der Waals surface area contributed by atoms with Crippen molar-refractivity contribution in [1.82, 2.24) is 14.5 Å². The maximum atomic E-state index is 12.6. The van der Waals surface area contributed by atoms with E-state index in [4.69, 9.17) is 0 Å². The molecule has 0 radical (unpaired) electrons. The number of hydrogen-bond acceptors (Lipinski definition) is 7. The molecule has 1 N–H and O–H groups in total. The summed E-state index contributed by atoms with van der Waals surface area (Å²) >= 11 is 0. The fraction of sp³-hybridized carbons (Fsp3) is 0.261. The van der Waals surface area contributed by atoms with Gasteiger partial charge in [0, 0.05) is 29.9 Å². The van der Waals surface area contributed by atoms with Gasteiger partial charge in [-0.25, -0.2) is 16.8 Å². The number of aromatic nitrogens is 2. The summed E-state index contributed by atoms with van der Waals surface area (Å²) in [6.07, 6.45) is 1.72. The van der Waals surface area contributed by atoms with Gasteiger partial charge in [0.05, 0.1) is 16.3 Å². The van der Waals surface area contributed by atoms with E-state index in [1.807, 2.05) is 0 Å². The van der Waals surface area contributed by atoms with Crippen LogP contribution in [0.2, 0.25) is 0 Å². The standard InChI is InChI=1S/C23H24N4O5S2/c1-2-33(29,30)22-14-13-21(25-26-22)17-5-9-19(10-6-17)24-23(28)18-7-11-20(12-8-18)34(31,32)27-15-3-4-16-27/h5-14H,2-4,15-16H2,1H3,(H,24,28). The number of nitrogens with zero attached hydrogens (tertiary/aromatic N) is 3. The van der Waals surface area contributed by atoms with E-state index >= 15 is 0 Å². The molecule has 1 aliphatic rings. The molecular weight excluding hydrogens is 476 g/mol. The van der Waals surface area contributed by atoms with Gasteiger partial charge in [-0.3, -0.25) is 4.79 Å². The molecular formula is C23H24N4O5S2. The Balaban J connectivity index is 1.43. The van der Waals surface area contributed by atoms with Crippen LogP contribution in [0.3, 0.4) is 0 Å². The summed E-state index contributed by atoms with van der Waals surface area (Å²) < 4.78 is 50.4. The Kier molecular flexibility index (Phi) is 6.78. The summed E-state index contributed by atoms with van der Waals surface area (Å²) in [5.74, 6) is -0.418. The molecule has 1 amide bonds. The number of rotatable bonds is 7. The topological polar surface area (TPSA) is 126 Å². The number of anilines is 1. The highest BCUT2D eigenvalue weighted by Gasteiger charge is 2.27. The lowest BCUT2D eigenvalue weighted by molar-refractivity contribution is 0.102. The van der Waals surface area contributed by atoms with Crippen LogP contribution >= 0.6 is 0 Å². The van der Waals surface area contributed by atoms with Crippen molar-refractivity contribution in [3.8, 4) is 11.3 Å². The van der Waals surface area contributed by atoms with Crippen molar-refractivity contribution in [3.05, 3.63) is 66.2 Å². The van der Waals surface area contributed by atoms with Crippen molar-refractivity contribution in [2.24, 2.45) is 0 Å². The molecule has 1 aliphatic heterocycles. The summed E-state index contributed by atoms with van der Waals surface area (Å²) in [6, 6.07) is 15.8. The van der Waals surface area contributed by atoms with Gasteiger partial charge in [-0.05, 0) is 61.4 Å². The van der Waals surface area contributed by atoms with Gasteiger partial charge in [-0.2, -0.15) is 4.31 Å². The lowest BCUT2D eigenvalue weighted by Crippen LogP contribution is -2.27. The van der Waals surface area contributed by atoms with E-state index < -0.39 is 19.9 Å². The fourth-order valence-corrected chi connectivity index (χ4v) is 5.82. The molecule has 0 atom stereocenters. The van der Waals surface area contributed by atoms with Crippen LogP contribution in [0.5, 0.6) is 0 Å². The van der Waals surface area contributed by atoms with Crippen molar-refractivity contribution in [2.45, 2.75) is 29.7 Å². The average molecular weight is 501 g/mol. The summed E-state index contributed by atoms with van der Waals surface area (Å²) in [4.78, 5) is 12.8. The monoisotopic (exact) mass is 500 g/mol. The summed E-state index contributed by atoms with van der Waals surface area (Å²) in [7, 11) is -6.94. The number of sulfonamides is 1. The van der Waals surface area contributed by atoms with E-state index in [9.17, 15) is 21.6 Å². The average Bonchev–Trinajstić information content (AvgIpc) is 3.41. The molecule has 0 bridgehead atoms. The van der Waals surface area contributed by atoms with Crippen LogP contribution in [0.1, 0.15) is 30.1 Å². The van der Waals surface area contributed by atoms with Crippen LogP contribution in [0.4, 0.5) is 5.69 Å². The first-order valence-corrected chi connectivity index (χ1v) is 13.9. The third-order valence-corrected chi connectivity index (χ3v) is 9.12. The van der Waals surface area contributed by atoms with Gasteiger partial charge in [-0.15, -0.1) is 10.2 Å². The highest BCUT2D eigenvalue weighted by Crippen LogP contribution is 2.23. The second kappa shape index (κ2) is 9.61. The Hall–Kier alpha value is -3.15. The molecule has 0 spiro atoms. The van der Waals surface area contributed by atoms with Gasteiger partial charge >= 0.3 is 0 Å². The third-order valence-electron chi connectivity index (χ3n) is 5.60. The number of sulfone groups is 1. The van der Waals surface area contributed by atoms with Gasteiger partial charge in [-0.1, -0.05) is 19.1 Å². The van der Waals surface area contributed by atoms with E-state index in [1.54, 1.807) is 37.3 Å². The van der Waals surface area contributed by atoms with E-state index in [0.717, 1.165) is 12.8 Å². The van der Waals surface area contributed by atoms with E-state index in [1.165, 1.54) is 34.6 Å². The number of benzene rings is 2. The predicted octanol–water partition coefficient (Wildman–Crippen LogP) is 2.97. The van der Waals surface area contributed by atoms with E-state index in [0.29, 0.717) is 35.6 Å². The summed E-state index contributed by atoms with van der Waals surface area (Å²) in [5.41, 5.74) is 2.09. The normalized spacial score (nSPS) is 14.7. The van der Waals surface area contributed by atoms with Crippen molar-refractivity contribution >= 4 is 31.5 Å². The Labute approximate surface area is 198 Å². The van der Waals surface area contributed by atoms with Crippen LogP contribution in [0.25, 0.3) is 11.3 Å². The molecule has 0 saturated carbocycles. The molecule has 2 heterocycles. The smallest absolute Gasteiger partial charge is 0.255 e. The first-order valence-electron chi connectivity index (χ1n) is 10.8. The summed E-state index contributed by atoms with van der Waals surface area (Å²) in [5, 5.41) is 10.5. The Bertz CT molecular complexity index is 1380. The molecule has 34 heavy (non-hydrogen) atoms. The Morgan fingerprint density at radius 2 is 1.53 bits per heavy atom. The molecule has 1 fully saturated rings. The molecule has 0 unspecified atom stereocenters. The zero-order chi connectivity index (χ0) is 24.3. The van der Waals surface area contributed by atoms with Gasteiger partial charge in [0.25, 0.3) is 5.91 Å². The minimum Gasteiger partial charge on any atom is -0.322 e. The van der Waals surface area contributed by atoms with E-state index in [2.05, 4.69) is 15.5 Å². The number of amides is 1. The Morgan fingerprint density at radius 1 is 0.882 bits per heavy atom. The highest BCUT2D eigenvalue weighted by atomic mass is 32.2. The molecule has 11 heteroatoms. The van der Waals surface area contributed by atoms with Gasteiger partial charge < -0.3 is 5.32 Å². The maximum Gasteiger partial charge on any atom is 0.255 e. The predicted molar refractivity (Wildman–Crippen MR) is 128 cm³/mol. The molecule has 4 rings (SSSR count). The van der Waals surface area contributed by atoms with Gasteiger partial charge in [0.15, 0.2) is 14.9 Å². The first kappa shape index (κ1) is 24.0. The Morgan fingerprint density at radius 3 is 2.09 bits per heavy atom. The number of nitrogens with one attached hydrogen (secondary N) is 1. The van der Waals surface area contributed by atoms with Crippen LogP contribution in [0, 0.1) is 0 Å². The number of hydrogen-bond donors (Lipinski definition) is 1. The molecule has 9 nitrogen and oxygen atoms in total. The SMILES string of the molecule is CCS(=O)(=O)c1ccc(-c2ccc(NC(=O)c3ccc(S(=O)(=O)N4CCCC4)cc3)cc2)nn1. The largest absolute Gasteiger partial charge is 0.322 e. The maximum absolute atomic E-state index is 12.6. The quantitative estimate of drug-likeness (QED) is 0.528. The lowest BCUT2D eigenvalue weighted by Gasteiger charge is -2.15. The molecule has 1 aromatic heterocycles. The lowest BCUT2D eigenvalue weighted by atomic mass is 10.1. The molecule has 1 saturated heterocycles. The molecule has 0 aliphatic carbocycles. The van der Waals surface area contributed by atoms with E-state index in [-0.39, 0.29) is 21.6 Å². The second-order valence-corrected chi connectivity index (χ2v) is 12.0. The third kappa shape index (κ3) is 5.01. The number of carbonyl (C=O) groups is 1. The number of carbonyl (C=O) groups excluding carboxylic acids is 1. The minimum atomic E-state index is -3.53. The van der Waals surface area contributed by atoms with Gasteiger partial charge in [0.1, 0.15) is 0 Å². The van der Waals surface area contributed by atoms with Gasteiger partial charge in [0.2, 0.25) is 10.0 Å². The van der Waals surface area contributed by atoms with Crippen LogP contribution in [-0.2, 0) is 19.9 Å². The minimum absolute atomic E-state index is 0.0492. The van der Waals surface area contributed by atoms with Crippen molar-refractivity contribution in [1.29, 1.82) is 0 Å². The van der Waals surface area contributed by atoms with Crippen molar-refractivity contribution < 1.29 is 21.6 Å². The van der Waals surface area contributed by atoms with Crippen molar-refractivity contribution in [2.75, 3.05) is 24.2 Å². The zero-order valence-electron chi connectivity index (χ0n) is 18.5. The van der Waals surface area contributed by atoms with Crippen LogP contribution < -0.4 is 5.32 Å². The second-order valence-electron chi connectivity index (χ2n) is 7.83. The van der Waals surface area contributed by atoms with Crippen LogP contribution in [0.15, 0.2) is 70.6 Å². The highest BCUT2D eigenvalue weighted by molar-refractivity contribution is 7.91. The van der Waals surface area contributed by atoms with Crippen molar-refractivity contribution in [3.63, 3.8) is 0 Å². The summed E-state index contributed by atoms with van der Waals surface area (Å²) in [6.45, 7) is 2.59. The zero-order valence-corrected chi connectivity index (χ0v) is 20.1. The first-order chi connectivity index (χ1) is 16.2.